The van der Waals surface area contributed by atoms with Crippen LogP contribution in [0.5, 0.6) is 0 Å². The van der Waals surface area contributed by atoms with Gasteiger partial charge in [-0.05, 0) is 99.2 Å². The molecule has 0 saturated carbocycles. The molecule has 0 atom stereocenters. The van der Waals surface area contributed by atoms with Gasteiger partial charge in [-0.15, -0.1) is 0 Å². The number of pyridine rings is 1. The van der Waals surface area contributed by atoms with Crippen molar-refractivity contribution in [2.45, 2.75) is 41.5 Å². The van der Waals surface area contributed by atoms with Crippen LogP contribution >= 0.6 is 0 Å². The van der Waals surface area contributed by atoms with Gasteiger partial charge in [-0.25, -0.2) is 29.9 Å². The molecule has 66 heavy (non-hydrogen) atoms. The molecule has 0 fully saturated rings. The monoisotopic (exact) mass is 853 g/mol. The molecule has 0 aliphatic rings. The Morgan fingerprint density at radius 2 is 0.500 bits per heavy atom. The lowest BCUT2D eigenvalue weighted by Crippen LogP contribution is -2.01. The molecule has 7 aromatic carbocycles. The van der Waals surface area contributed by atoms with Crippen molar-refractivity contribution >= 4 is 0 Å². The van der Waals surface area contributed by atoms with E-state index in [1.807, 2.05) is 0 Å². The highest BCUT2D eigenvalue weighted by molar-refractivity contribution is 5.96. The summed E-state index contributed by atoms with van der Waals surface area (Å²) in [5.41, 5.74) is 18.5. The Bertz CT molecular complexity index is 3050. The lowest BCUT2D eigenvalue weighted by Gasteiger charge is -2.18. The molecular formula is C59H47N7. The average Bonchev–Trinajstić information content (AvgIpc) is 3.34. The number of nitrogens with zero attached hydrogens (tertiary/aromatic N) is 7. The third kappa shape index (κ3) is 8.79. The molecule has 3 aromatic heterocycles. The molecule has 7 heteroatoms. The Labute approximate surface area is 386 Å². The molecule has 0 spiro atoms. The second-order valence-corrected chi connectivity index (χ2v) is 17.1. The summed E-state index contributed by atoms with van der Waals surface area (Å²) in [6.45, 7) is 12.4. The zero-order valence-electron chi connectivity index (χ0n) is 37.9. The third-order valence-corrected chi connectivity index (χ3v) is 11.8. The van der Waals surface area contributed by atoms with Crippen molar-refractivity contribution in [3.63, 3.8) is 0 Å². The zero-order chi connectivity index (χ0) is 45.3. The van der Waals surface area contributed by atoms with Crippen LogP contribution in [0.15, 0.2) is 176 Å². The topological polar surface area (TPSA) is 90.2 Å². The van der Waals surface area contributed by atoms with Gasteiger partial charge in [0.25, 0.3) is 0 Å². The van der Waals surface area contributed by atoms with E-state index < -0.39 is 0 Å². The van der Waals surface area contributed by atoms with Crippen molar-refractivity contribution in [2.75, 3.05) is 0 Å². The van der Waals surface area contributed by atoms with Crippen LogP contribution < -0.4 is 0 Å². The molecule has 0 bridgehead atoms. The van der Waals surface area contributed by atoms with Crippen molar-refractivity contribution in [2.24, 2.45) is 0 Å². The van der Waals surface area contributed by atoms with Gasteiger partial charge >= 0.3 is 0 Å². The molecule has 10 aromatic rings. The minimum atomic E-state index is 0.603. The fourth-order valence-corrected chi connectivity index (χ4v) is 8.31. The van der Waals surface area contributed by atoms with Crippen LogP contribution in [-0.2, 0) is 0 Å². The first-order valence-electron chi connectivity index (χ1n) is 22.2. The predicted molar refractivity (Wildman–Crippen MR) is 268 cm³/mol. The van der Waals surface area contributed by atoms with Crippen molar-refractivity contribution < 1.29 is 0 Å². The van der Waals surface area contributed by atoms with E-state index in [1.54, 1.807) is 0 Å². The highest BCUT2D eigenvalue weighted by atomic mass is 15.0. The molecule has 318 valence electrons. The van der Waals surface area contributed by atoms with Crippen LogP contribution in [0, 0.1) is 41.5 Å². The molecule has 7 nitrogen and oxygen atoms in total. The molecule has 0 radical (unpaired) electrons. The van der Waals surface area contributed by atoms with Crippen LogP contribution in [-0.4, -0.2) is 34.9 Å². The van der Waals surface area contributed by atoms with Crippen molar-refractivity contribution in [3.05, 3.63) is 210 Å². The Balaban J connectivity index is 1.12. The summed E-state index contributed by atoms with van der Waals surface area (Å²) < 4.78 is 0. The summed E-state index contributed by atoms with van der Waals surface area (Å²) in [4.78, 5) is 35.2. The van der Waals surface area contributed by atoms with E-state index in [4.69, 9.17) is 34.9 Å². The van der Waals surface area contributed by atoms with Crippen LogP contribution in [0.3, 0.4) is 0 Å². The molecule has 0 amide bonds. The van der Waals surface area contributed by atoms with Crippen molar-refractivity contribution in [1.29, 1.82) is 0 Å². The number of hydrogen-bond donors (Lipinski definition) is 0. The van der Waals surface area contributed by atoms with Gasteiger partial charge in [0.1, 0.15) is 0 Å². The smallest absolute Gasteiger partial charge is 0.164 e. The molecule has 0 aliphatic carbocycles. The van der Waals surface area contributed by atoms with E-state index in [2.05, 4.69) is 217 Å². The lowest BCUT2D eigenvalue weighted by atomic mass is 9.86. The molecule has 10 rings (SSSR count). The first-order valence-corrected chi connectivity index (χ1v) is 22.2. The molecule has 0 saturated heterocycles. The lowest BCUT2D eigenvalue weighted by molar-refractivity contribution is 1.07. The van der Waals surface area contributed by atoms with E-state index in [0.29, 0.717) is 34.9 Å². The Morgan fingerprint density at radius 3 is 0.818 bits per heavy atom. The van der Waals surface area contributed by atoms with Gasteiger partial charge in [-0.1, -0.05) is 174 Å². The van der Waals surface area contributed by atoms with E-state index in [-0.39, 0.29) is 0 Å². The van der Waals surface area contributed by atoms with E-state index in [0.717, 1.165) is 78.1 Å². The minimum Gasteiger partial charge on any atom is -0.258 e. The normalized spacial score (nSPS) is 11.2. The summed E-state index contributed by atoms with van der Waals surface area (Å²) in [6.07, 6.45) is 0. The van der Waals surface area contributed by atoms with Crippen molar-refractivity contribution in [1.82, 2.24) is 34.9 Å². The van der Waals surface area contributed by atoms with Crippen LogP contribution in [0.2, 0.25) is 0 Å². The number of aromatic nitrogens is 7. The zero-order valence-corrected chi connectivity index (χ0v) is 37.9. The van der Waals surface area contributed by atoms with E-state index in [1.165, 1.54) is 22.3 Å². The average molecular weight is 854 g/mol. The van der Waals surface area contributed by atoms with Gasteiger partial charge in [0.05, 0.1) is 0 Å². The third-order valence-electron chi connectivity index (χ3n) is 11.8. The fraction of sp³-hybridized carbons (Fsp3) is 0.102. The van der Waals surface area contributed by atoms with Gasteiger partial charge in [0.15, 0.2) is 34.9 Å². The summed E-state index contributed by atoms with van der Waals surface area (Å²) in [5, 5.41) is 0. The standard InChI is InChI=1S/C59H47N7/c1-36-16-24-42(25-17-36)54-61-55(43-26-18-37(2)19-27-43)64-58(63-54)48-12-7-10-46(34-48)51-14-9-15-52(53(51)50-32-40(5)60-41(6)33-50)47-11-8-13-49(35-47)59-65-56(44-28-20-38(3)21-29-44)62-57(66-59)45-30-22-39(4)23-31-45/h7-35H,1-6H3. The van der Waals surface area contributed by atoms with E-state index in [9.17, 15) is 0 Å². The summed E-state index contributed by atoms with van der Waals surface area (Å²) in [7, 11) is 0. The van der Waals surface area contributed by atoms with E-state index >= 15 is 0 Å². The van der Waals surface area contributed by atoms with Gasteiger partial charge in [0, 0.05) is 44.8 Å². The van der Waals surface area contributed by atoms with Gasteiger partial charge < -0.3 is 0 Å². The molecular weight excluding hydrogens is 807 g/mol. The quantitative estimate of drug-likeness (QED) is 0.143. The number of benzene rings is 7. The maximum atomic E-state index is 5.10. The maximum Gasteiger partial charge on any atom is 0.164 e. The predicted octanol–water partition coefficient (Wildman–Crippen LogP) is 14.3. The summed E-state index contributed by atoms with van der Waals surface area (Å²) in [5.74, 6) is 3.71. The number of aryl methyl sites for hydroxylation is 6. The summed E-state index contributed by atoms with van der Waals surface area (Å²) in [6, 6.07) is 61.2. The van der Waals surface area contributed by atoms with Crippen molar-refractivity contribution in [3.8, 4) is 102 Å². The second kappa shape index (κ2) is 17.7. The largest absolute Gasteiger partial charge is 0.258 e. The number of hydrogen-bond acceptors (Lipinski definition) is 7. The van der Waals surface area contributed by atoms with Gasteiger partial charge in [0.2, 0.25) is 0 Å². The minimum absolute atomic E-state index is 0.603. The Morgan fingerprint density at radius 1 is 0.227 bits per heavy atom. The molecule has 0 unspecified atom stereocenters. The van der Waals surface area contributed by atoms with Gasteiger partial charge in [-0.2, -0.15) is 0 Å². The van der Waals surface area contributed by atoms with Gasteiger partial charge in [-0.3, -0.25) is 4.98 Å². The van der Waals surface area contributed by atoms with Crippen LogP contribution in [0.1, 0.15) is 33.6 Å². The first kappa shape index (κ1) is 41.7. The Hall–Kier alpha value is -8.29. The molecule has 3 heterocycles. The SMILES string of the molecule is Cc1ccc(-c2nc(-c3ccc(C)cc3)nc(-c3cccc(-c4cccc(-c5cccc(-c6nc(-c7ccc(C)cc7)nc(-c7ccc(C)cc7)n6)c5)c4-c4cc(C)nc(C)c4)c3)n2)cc1. The van der Waals surface area contributed by atoms with Crippen LogP contribution in [0.25, 0.3) is 102 Å². The first-order chi connectivity index (χ1) is 32.1. The fourth-order valence-electron chi connectivity index (χ4n) is 8.31. The molecule has 0 N–H and O–H groups in total. The number of rotatable bonds is 9. The highest BCUT2D eigenvalue weighted by Gasteiger charge is 2.19. The maximum absolute atomic E-state index is 5.10. The van der Waals surface area contributed by atoms with Crippen LogP contribution in [0.4, 0.5) is 0 Å². The summed E-state index contributed by atoms with van der Waals surface area (Å²) >= 11 is 0. The molecule has 0 aliphatic heterocycles. The highest BCUT2D eigenvalue weighted by Crippen LogP contribution is 2.42. The Kier molecular flexibility index (Phi) is 11.2. The second-order valence-electron chi connectivity index (χ2n) is 17.1.